The number of amides is 1. The minimum absolute atomic E-state index is 0.106. The normalized spacial score (nSPS) is 12.3. The van der Waals surface area contributed by atoms with E-state index in [0.717, 1.165) is 10.9 Å². The number of aromatic nitrogens is 3. The summed E-state index contributed by atoms with van der Waals surface area (Å²) in [5.74, 6) is -0.420. The van der Waals surface area contributed by atoms with Gasteiger partial charge in [0.05, 0.1) is 6.20 Å². The minimum Gasteiger partial charge on any atom is -0.448 e. The van der Waals surface area contributed by atoms with Gasteiger partial charge in [0, 0.05) is 23.0 Å². The second kappa shape index (κ2) is 6.80. The van der Waals surface area contributed by atoms with Gasteiger partial charge in [-0.15, -0.1) is 0 Å². The van der Waals surface area contributed by atoms with Crippen molar-refractivity contribution in [3.05, 3.63) is 48.3 Å². The predicted octanol–water partition coefficient (Wildman–Crippen LogP) is 3.13. The number of anilines is 1. The molecule has 0 bridgehead atoms. The molecule has 0 radical (unpaired) electrons. The molecule has 3 rings (SSSR count). The first-order valence-electron chi connectivity index (χ1n) is 8.09. The molecule has 3 aromatic rings. The average molecular weight is 340 g/mol. The number of aromatic amines is 1. The van der Waals surface area contributed by atoms with E-state index < -0.39 is 18.0 Å². The smallest absolute Gasteiger partial charge is 0.355 e. The summed E-state index contributed by atoms with van der Waals surface area (Å²) in [6.07, 6.45) is 0.672. The number of para-hydroxylation sites is 1. The molecule has 1 aromatic carbocycles. The van der Waals surface area contributed by atoms with E-state index >= 15 is 0 Å². The molecule has 1 amide bonds. The van der Waals surface area contributed by atoms with Crippen LogP contribution < -0.4 is 5.32 Å². The summed E-state index contributed by atoms with van der Waals surface area (Å²) in [6.45, 7) is 5.45. The highest BCUT2D eigenvalue weighted by Crippen LogP contribution is 2.17. The van der Waals surface area contributed by atoms with Crippen LogP contribution in [0.5, 0.6) is 0 Å². The van der Waals surface area contributed by atoms with Crippen molar-refractivity contribution in [1.29, 1.82) is 0 Å². The summed E-state index contributed by atoms with van der Waals surface area (Å²) in [7, 11) is 0. The molecule has 25 heavy (non-hydrogen) atoms. The molecular weight excluding hydrogens is 320 g/mol. The lowest BCUT2D eigenvalue weighted by molar-refractivity contribution is -0.123. The van der Waals surface area contributed by atoms with Crippen LogP contribution in [0.3, 0.4) is 0 Å². The summed E-state index contributed by atoms with van der Waals surface area (Å²) < 4.78 is 6.95. The lowest BCUT2D eigenvalue weighted by Gasteiger charge is -2.15. The second-order valence-corrected chi connectivity index (χ2v) is 6.06. The van der Waals surface area contributed by atoms with Crippen molar-refractivity contribution in [3.8, 4) is 0 Å². The van der Waals surface area contributed by atoms with Crippen LogP contribution in [0.4, 0.5) is 5.82 Å². The number of fused-ring (bicyclic) bond motifs is 1. The largest absolute Gasteiger partial charge is 0.448 e. The van der Waals surface area contributed by atoms with Gasteiger partial charge in [0.15, 0.2) is 6.10 Å². The molecule has 0 saturated heterocycles. The zero-order chi connectivity index (χ0) is 18.0. The maximum atomic E-state index is 12.3. The zero-order valence-corrected chi connectivity index (χ0v) is 14.3. The Morgan fingerprint density at radius 1 is 1.20 bits per heavy atom. The van der Waals surface area contributed by atoms with Gasteiger partial charge in [0.2, 0.25) is 0 Å². The lowest BCUT2D eigenvalue weighted by Crippen LogP contribution is -2.31. The first-order valence-corrected chi connectivity index (χ1v) is 8.09. The number of carbonyl (C=O) groups excluding carboxylic acids is 2. The van der Waals surface area contributed by atoms with E-state index in [1.807, 2.05) is 38.1 Å². The minimum atomic E-state index is -0.936. The van der Waals surface area contributed by atoms with Crippen LogP contribution in [0, 0.1) is 0 Å². The van der Waals surface area contributed by atoms with Crippen LogP contribution in [-0.2, 0) is 9.53 Å². The number of esters is 1. The summed E-state index contributed by atoms with van der Waals surface area (Å²) in [4.78, 5) is 27.5. The number of hydrogen-bond donors (Lipinski definition) is 2. The molecule has 7 nitrogen and oxygen atoms in total. The van der Waals surface area contributed by atoms with Gasteiger partial charge in [0.1, 0.15) is 11.5 Å². The van der Waals surface area contributed by atoms with Crippen molar-refractivity contribution in [2.75, 3.05) is 5.32 Å². The molecule has 1 unspecified atom stereocenters. The highest BCUT2D eigenvalue weighted by molar-refractivity contribution is 5.98. The van der Waals surface area contributed by atoms with Gasteiger partial charge in [-0.1, -0.05) is 18.2 Å². The van der Waals surface area contributed by atoms with Gasteiger partial charge in [-0.25, -0.2) is 9.48 Å². The Hall–Kier alpha value is -3.09. The Morgan fingerprint density at radius 2 is 1.96 bits per heavy atom. The molecule has 0 saturated carbocycles. The van der Waals surface area contributed by atoms with Crippen LogP contribution in [-0.4, -0.2) is 32.7 Å². The van der Waals surface area contributed by atoms with Gasteiger partial charge in [-0.05, 0) is 32.9 Å². The number of H-pyrrole nitrogens is 1. The molecule has 2 N–H and O–H groups in total. The van der Waals surface area contributed by atoms with Crippen LogP contribution in [0.15, 0.2) is 42.6 Å². The fourth-order valence-electron chi connectivity index (χ4n) is 2.51. The standard InChI is InChI=1S/C18H20N4O3/c1-11(2)22-16(8-9-19-22)21-17(23)12(3)25-18(24)15-10-13-6-4-5-7-14(13)20-15/h4-12,20H,1-3H3,(H,21,23). The van der Waals surface area contributed by atoms with Gasteiger partial charge < -0.3 is 15.0 Å². The van der Waals surface area contributed by atoms with Gasteiger partial charge in [-0.3, -0.25) is 4.79 Å². The summed E-state index contributed by atoms with van der Waals surface area (Å²) >= 11 is 0. The molecule has 0 aliphatic rings. The number of benzene rings is 1. The number of hydrogen-bond acceptors (Lipinski definition) is 4. The molecule has 0 spiro atoms. The maximum absolute atomic E-state index is 12.3. The summed E-state index contributed by atoms with van der Waals surface area (Å²) in [5, 5.41) is 7.79. The lowest BCUT2D eigenvalue weighted by atomic mass is 10.2. The number of ether oxygens (including phenoxy) is 1. The van der Waals surface area contributed by atoms with Crippen molar-refractivity contribution in [3.63, 3.8) is 0 Å². The Balaban J connectivity index is 1.66. The van der Waals surface area contributed by atoms with Crippen molar-refractivity contribution >= 4 is 28.6 Å². The predicted molar refractivity (Wildman–Crippen MR) is 94.4 cm³/mol. The van der Waals surface area contributed by atoms with E-state index in [1.165, 1.54) is 6.92 Å². The quantitative estimate of drug-likeness (QED) is 0.698. The third-order valence-corrected chi connectivity index (χ3v) is 3.81. The molecule has 1 atom stereocenters. The molecule has 0 aliphatic heterocycles. The average Bonchev–Trinajstić information content (AvgIpc) is 3.20. The molecule has 2 heterocycles. The fraction of sp³-hybridized carbons (Fsp3) is 0.278. The Morgan fingerprint density at radius 3 is 2.68 bits per heavy atom. The molecule has 130 valence electrons. The number of rotatable bonds is 5. The van der Waals surface area contributed by atoms with Crippen LogP contribution in [0.1, 0.15) is 37.3 Å². The molecule has 2 aromatic heterocycles. The first kappa shape index (κ1) is 16.8. The van der Waals surface area contributed by atoms with Gasteiger partial charge in [-0.2, -0.15) is 5.10 Å². The third kappa shape index (κ3) is 3.55. The van der Waals surface area contributed by atoms with E-state index in [-0.39, 0.29) is 6.04 Å². The van der Waals surface area contributed by atoms with E-state index in [1.54, 1.807) is 23.0 Å². The second-order valence-electron chi connectivity index (χ2n) is 6.06. The van der Waals surface area contributed by atoms with Crippen molar-refractivity contribution < 1.29 is 14.3 Å². The van der Waals surface area contributed by atoms with Crippen LogP contribution in [0.25, 0.3) is 10.9 Å². The van der Waals surface area contributed by atoms with E-state index in [9.17, 15) is 9.59 Å². The Kier molecular flexibility index (Phi) is 4.56. The Labute approximate surface area is 145 Å². The van der Waals surface area contributed by atoms with Crippen LogP contribution in [0.2, 0.25) is 0 Å². The monoisotopic (exact) mass is 340 g/mol. The fourth-order valence-corrected chi connectivity index (χ4v) is 2.51. The Bertz CT molecular complexity index is 877. The van der Waals surface area contributed by atoms with E-state index in [2.05, 4.69) is 15.4 Å². The summed E-state index contributed by atoms with van der Waals surface area (Å²) in [5.41, 5.74) is 1.15. The van der Waals surface area contributed by atoms with Crippen molar-refractivity contribution in [2.24, 2.45) is 0 Å². The SMILES string of the molecule is CC(OC(=O)c1cc2ccccc2[nH]1)C(=O)Nc1ccnn1C(C)C. The molecular formula is C18H20N4O3. The van der Waals surface area contributed by atoms with E-state index in [0.29, 0.717) is 11.5 Å². The highest BCUT2D eigenvalue weighted by Gasteiger charge is 2.21. The molecule has 7 heteroatoms. The number of nitrogens with one attached hydrogen (secondary N) is 2. The molecule has 0 fully saturated rings. The molecule has 0 aliphatic carbocycles. The third-order valence-electron chi connectivity index (χ3n) is 3.81. The summed E-state index contributed by atoms with van der Waals surface area (Å²) in [6, 6.07) is 11.0. The first-order chi connectivity index (χ1) is 12.0. The number of carbonyl (C=O) groups is 2. The zero-order valence-electron chi connectivity index (χ0n) is 14.3. The van der Waals surface area contributed by atoms with Crippen molar-refractivity contribution in [1.82, 2.24) is 14.8 Å². The van der Waals surface area contributed by atoms with Crippen molar-refractivity contribution in [2.45, 2.75) is 32.9 Å². The topological polar surface area (TPSA) is 89.0 Å². The van der Waals surface area contributed by atoms with Crippen LogP contribution >= 0.6 is 0 Å². The van der Waals surface area contributed by atoms with E-state index in [4.69, 9.17) is 4.74 Å². The highest BCUT2D eigenvalue weighted by atomic mass is 16.5. The van der Waals surface area contributed by atoms with Gasteiger partial charge in [0.25, 0.3) is 5.91 Å². The number of nitrogens with zero attached hydrogens (tertiary/aromatic N) is 2. The maximum Gasteiger partial charge on any atom is 0.355 e. The van der Waals surface area contributed by atoms with Gasteiger partial charge >= 0.3 is 5.97 Å².